The Kier molecular flexibility index (Phi) is 4.78. The van der Waals surface area contributed by atoms with Crippen LogP contribution < -0.4 is 14.2 Å². The summed E-state index contributed by atoms with van der Waals surface area (Å²) in [6.07, 6.45) is 0. The summed E-state index contributed by atoms with van der Waals surface area (Å²) in [5, 5.41) is 3.86. The molecule has 20 heavy (non-hydrogen) atoms. The second-order valence-electron chi connectivity index (χ2n) is 4.30. The first kappa shape index (κ1) is 15.0. The lowest BCUT2D eigenvalue weighted by molar-refractivity contribution is 0.322. The maximum Gasteiger partial charge on any atom is 0.203 e. The van der Waals surface area contributed by atoms with Crippen LogP contribution in [0.4, 0.5) is 0 Å². The first-order valence-electron chi connectivity index (χ1n) is 6.09. The standard InChI is InChI=1S/C15H17ClO3S/c1-9-7-20-8-11(9)13(16)10-5-6-12(17-2)15(19-4)14(10)18-3/h5-8,13H,1-4H3. The lowest BCUT2D eigenvalue weighted by atomic mass is 10.0. The molecule has 0 saturated carbocycles. The van der Waals surface area contributed by atoms with Crippen LogP contribution in [-0.4, -0.2) is 21.3 Å². The van der Waals surface area contributed by atoms with Crippen molar-refractivity contribution in [3.63, 3.8) is 0 Å². The zero-order valence-electron chi connectivity index (χ0n) is 11.9. The Bertz CT molecular complexity index is 595. The van der Waals surface area contributed by atoms with E-state index >= 15 is 0 Å². The molecule has 0 aliphatic rings. The van der Waals surface area contributed by atoms with E-state index in [2.05, 4.69) is 17.7 Å². The van der Waals surface area contributed by atoms with Crippen molar-refractivity contribution >= 4 is 22.9 Å². The Hall–Kier alpha value is -1.39. The van der Waals surface area contributed by atoms with Crippen molar-refractivity contribution in [1.82, 2.24) is 0 Å². The Morgan fingerprint density at radius 1 is 0.950 bits per heavy atom. The number of hydrogen-bond acceptors (Lipinski definition) is 4. The molecule has 0 spiro atoms. The Balaban J connectivity index is 2.54. The first-order chi connectivity index (χ1) is 9.63. The zero-order chi connectivity index (χ0) is 14.7. The molecule has 0 fully saturated rings. The highest BCUT2D eigenvalue weighted by atomic mass is 35.5. The monoisotopic (exact) mass is 312 g/mol. The molecule has 1 atom stereocenters. The van der Waals surface area contributed by atoms with E-state index in [-0.39, 0.29) is 5.38 Å². The van der Waals surface area contributed by atoms with Gasteiger partial charge in [0, 0.05) is 5.56 Å². The van der Waals surface area contributed by atoms with Crippen LogP contribution in [0.25, 0.3) is 0 Å². The van der Waals surface area contributed by atoms with E-state index in [1.165, 1.54) is 5.56 Å². The van der Waals surface area contributed by atoms with E-state index in [9.17, 15) is 0 Å². The van der Waals surface area contributed by atoms with Crippen LogP contribution in [0.15, 0.2) is 22.9 Å². The van der Waals surface area contributed by atoms with Gasteiger partial charge in [0.25, 0.3) is 0 Å². The second kappa shape index (κ2) is 6.37. The van der Waals surface area contributed by atoms with Crippen LogP contribution in [0.5, 0.6) is 17.2 Å². The van der Waals surface area contributed by atoms with Crippen molar-refractivity contribution < 1.29 is 14.2 Å². The van der Waals surface area contributed by atoms with Crippen LogP contribution in [0.2, 0.25) is 0 Å². The summed E-state index contributed by atoms with van der Waals surface area (Å²) in [6, 6.07) is 3.75. The third-order valence-corrected chi connectivity index (χ3v) is 4.53. The van der Waals surface area contributed by atoms with E-state index in [0.717, 1.165) is 11.1 Å². The van der Waals surface area contributed by atoms with Crippen molar-refractivity contribution in [2.24, 2.45) is 0 Å². The van der Waals surface area contributed by atoms with Crippen LogP contribution in [0, 0.1) is 6.92 Å². The van der Waals surface area contributed by atoms with Crippen LogP contribution in [0.1, 0.15) is 22.1 Å². The normalized spacial score (nSPS) is 12.1. The number of thiophene rings is 1. The molecule has 0 aliphatic heterocycles. The molecule has 0 bridgehead atoms. The minimum Gasteiger partial charge on any atom is -0.493 e. The Morgan fingerprint density at radius 2 is 1.65 bits per heavy atom. The Morgan fingerprint density at radius 3 is 2.15 bits per heavy atom. The maximum absolute atomic E-state index is 6.62. The number of rotatable bonds is 5. The van der Waals surface area contributed by atoms with Crippen molar-refractivity contribution in [2.45, 2.75) is 12.3 Å². The minimum atomic E-state index is -0.281. The molecule has 108 valence electrons. The Labute approximate surface area is 128 Å². The molecule has 1 aromatic heterocycles. The summed E-state index contributed by atoms with van der Waals surface area (Å²) in [6.45, 7) is 2.05. The van der Waals surface area contributed by atoms with E-state index < -0.39 is 0 Å². The largest absolute Gasteiger partial charge is 0.493 e. The second-order valence-corrected chi connectivity index (χ2v) is 5.48. The SMILES string of the molecule is COc1ccc(C(Cl)c2cscc2C)c(OC)c1OC. The van der Waals surface area contributed by atoms with Gasteiger partial charge in [-0.1, -0.05) is 0 Å². The van der Waals surface area contributed by atoms with Gasteiger partial charge >= 0.3 is 0 Å². The molecule has 1 aromatic carbocycles. The predicted octanol–water partition coefficient (Wildman–Crippen LogP) is 4.41. The molecule has 2 rings (SSSR count). The van der Waals surface area contributed by atoms with E-state index in [1.54, 1.807) is 32.7 Å². The van der Waals surface area contributed by atoms with Crippen molar-refractivity contribution in [1.29, 1.82) is 0 Å². The van der Waals surface area contributed by atoms with Crippen LogP contribution >= 0.6 is 22.9 Å². The average Bonchev–Trinajstić information content (AvgIpc) is 2.90. The molecule has 1 heterocycles. The third-order valence-electron chi connectivity index (χ3n) is 3.18. The molecule has 0 N–H and O–H groups in total. The van der Waals surface area contributed by atoms with Crippen LogP contribution in [-0.2, 0) is 0 Å². The maximum atomic E-state index is 6.62. The summed E-state index contributed by atoms with van der Waals surface area (Å²) in [5.41, 5.74) is 3.13. The number of benzene rings is 1. The van der Waals surface area contributed by atoms with Gasteiger partial charge in [-0.3, -0.25) is 0 Å². The topological polar surface area (TPSA) is 27.7 Å². The van der Waals surface area contributed by atoms with E-state index in [0.29, 0.717) is 17.2 Å². The summed E-state index contributed by atoms with van der Waals surface area (Å²) >= 11 is 8.26. The molecular weight excluding hydrogens is 296 g/mol. The van der Waals surface area contributed by atoms with Crippen molar-refractivity contribution in [2.75, 3.05) is 21.3 Å². The first-order valence-corrected chi connectivity index (χ1v) is 7.47. The highest BCUT2D eigenvalue weighted by molar-refractivity contribution is 7.08. The molecule has 1 unspecified atom stereocenters. The number of aryl methyl sites for hydroxylation is 1. The van der Waals surface area contributed by atoms with E-state index in [1.807, 2.05) is 12.1 Å². The third kappa shape index (κ3) is 2.58. The van der Waals surface area contributed by atoms with Gasteiger partial charge in [-0.25, -0.2) is 0 Å². The number of halogens is 1. The number of hydrogen-bond donors (Lipinski definition) is 0. The van der Waals surface area contributed by atoms with Gasteiger partial charge in [-0.15, -0.1) is 11.6 Å². The van der Waals surface area contributed by atoms with Crippen molar-refractivity contribution in [3.8, 4) is 17.2 Å². The smallest absolute Gasteiger partial charge is 0.203 e. The average molecular weight is 313 g/mol. The highest BCUT2D eigenvalue weighted by Crippen LogP contribution is 2.46. The van der Waals surface area contributed by atoms with Crippen LogP contribution in [0.3, 0.4) is 0 Å². The fourth-order valence-corrected chi connectivity index (χ4v) is 3.48. The molecule has 3 nitrogen and oxygen atoms in total. The summed E-state index contributed by atoms with van der Waals surface area (Å²) in [5.74, 6) is 1.79. The van der Waals surface area contributed by atoms with Gasteiger partial charge in [-0.05, 0) is 40.9 Å². The number of methoxy groups -OCH3 is 3. The number of alkyl halides is 1. The lowest BCUT2D eigenvalue weighted by Gasteiger charge is -2.18. The van der Waals surface area contributed by atoms with Gasteiger partial charge in [0.2, 0.25) is 5.75 Å². The number of ether oxygens (including phenoxy) is 3. The minimum absolute atomic E-state index is 0.281. The zero-order valence-corrected chi connectivity index (χ0v) is 13.5. The lowest BCUT2D eigenvalue weighted by Crippen LogP contribution is -2.01. The molecule has 0 saturated heterocycles. The summed E-state index contributed by atoms with van der Waals surface area (Å²) < 4.78 is 16.2. The van der Waals surface area contributed by atoms with Gasteiger partial charge in [0.15, 0.2) is 11.5 Å². The highest BCUT2D eigenvalue weighted by Gasteiger charge is 2.23. The van der Waals surface area contributed by atoms with Crippen molar-refractivity contribution in [3.05, 3.63) is 39.6 Å². The summed E-state index contributed by atoms with van der Waals surface area (Å²) in [4.78, 5) is 0. The quantitative estimate of drug-likeness (QED) is 0.765. The fourth-order valence-electron chi connectivity index (χ4n) is 2.12. The molecule has 5 heteroatoms. The molecule has 0 aliphatic carbocycles. The summed E-state index contributed by atoms with van der Waals surface area (Å²) in [7, 11) is 4.78. The van der Waals surface area contributed by atoms with Gasteiger partial charge in [-0.2, -0.15) is 11.3 Å². The molecule has 0 radical (unpaired) electrons. The van der Waals surface area contributed by atoms with Gasteiger partial charge < -0.3 is 14.2 Å². The molecular formula is C15H17ClO3S. The van der Waals surface area contributed by atoms with Gasteiger partial charge in [0.1, 0.15) is 0 Å². The fraction of sp³-hybridized carbons (Fsp3) is 0.333. The van der Waals surface area contributed by atoms with Gasteiger partial charge in [0.05, 0.1) is 26.7 Å². The van der Waals surface area contributed by atoms with E-state index in [4.69, 9.17) is 25.8 Å². The molecule has 0 amide bonds. The molecule has 2 aromatic rings. The predicted molar refractivity (Wildman–Crippen MR) is 82.9 cm³/mol.